The number of hydrogen-bond donors (Lipinski definition) is 1. The SMILES string of the molecule is N#Cc1ccc(N2CCC3(O)CCCCC3C2)c(F)c1. The molecule has 2 atom stereocenters. The third kappa shape index (κ3) is 2.27. The average molecular weight is 274 g/mol. The number of benzene rings is 1. The molecule has 4 heteroatoms. The molecule has 3 nitrogen and oxygen atoms in total. The number of halogens is 1. The summed E-state index contributed by atoms with van der Waals surface area (Å²) >= 11 is 0. The molecule has 1 saturated heterocycles. The summed E-state index contributed by atoms with van der Waals surface area (Å²) in [7, 11) is 0. The molecule has 1 N–H and O–H groups in total. The molecule has 0 bridgehead atoms. The van der Waals surface area contributed by atoms with Crippen molar-refractivity contribution in [2.75, 3.05) is 18.0 Å². The summed E-state index contributed by atoms with van der Waals surface area (Å²) in [6.07, 6.45) is 4.85. The first-order chi connectivity index (χ1) is 9.62. The zero-order chi connectivity index (χ0) is 14.2. The maximum absolute atomic E-state index is 14.1. The molecule has 0 radical (unpaired) electrons. The molecule has 1 saturated carbocycles. The molecule has 1 aliphatic carbocycles. The maximum Gasteiger partial charge on any atom is 0.147 e. The molecular formula is C16H19FN2O. The van der Waals surface area contributed by atoms with Crippen LogP contribution >= 0.6 is 0 Å². The van der Waals surface area contributed by atoms with Crippen molar-refractivity contribution in [3.8, 4) is 6.07 Å². The molecule has 0 amide bonds. The van der Waals surface area contributed by atoms with Gasteiger partial charge in [-0.15, -0.1) is 0 Å². The van der Waals surface area contributed by atoms with E-state index in [1.54, 1.807) is 12.1 Å². The second-order valence-electron chi connectivity index (χ2n) is 6.02. The second-order valence-corrected chi connectivity index (χ2v) is 6.02. The Labute approximate surface area is 118 Å². The minimum absolute atomic E-state index is 0.236. The van der Waals surface area contributed by atoms with E-state index in [2.05, 4.69) is 0 Å². The van der Waals surface area contributed by atoms with E-state index < -0.39 is 5.60 Å². The first kappa shape index (κ1) is 13.4. The molecule has 20 heavy (non-hydrogen) atoms. The van der Waals surface area contributed by atoms with Crippen LogP contribution in [0.3, 0.4) is 0 Å². The average Bonchev–Trinajstić information content (AvgIpc) is 2.46. The van der Waals surface area contributed by atoms with Crippen molar-refractivity contribution in [2.45, 2.75) is 37.7 Å². The Morgan fingerprint density at radius 1 is 1.35 bits per heavy atom. The number of aliphatic hydroxyl groups is 1. The highest BCUT2D eigenvalue weighted by atomic mass is 19.1. The van der Waals surface area contributed by atoms with Gasteiger partial charge in [-0.1, -0.05) is 12.8 Å². The van der Waals surface area contributed by atoms with Gasteiger partial charge in [0.25, 0.3) is 0 Å². The third-order valence-electron chi connectivity index (χ3n) is 4.85. The Kier molecular flexibility index (Phi) is 3.39. The molecule has 2 aliphatic rings. The van der Waals surface area contributed by atoms with Crippen molar-refractivity contribution in [3.63, 3.8) is 0 Å². The Bertz CT molecular complexity index is 554. The van der Waals surface area contributed by atoms with E-state index in [1.165, 1.54) is 6.07 Å². The monoisotopic (exact) mass is 274 g/mol. The first-order valence-corrected chi connectivity index (χ1v) is 7.29. The lowest BCUT2D eigenvalue weighted by molar-refractivity contribution is -0.0613. The van der Waals surface area contributed by atoms with E-state index in [0.29, 0.717) is 30.8 Å². The summed E-state index contributed by atoms with van der Waals surface area (Å²) in [5.74, 6) is -0.106. The van der Waals surface area contributed by atoms with Crippen molar-refractivity contribution in [1.29, 1.82) is 5.26 Å². The van der Waals surface area contributed by atoms with E-state index >= 15 is 0 Å². The number of hydrogen-bond acceptors (Lipinski definition) is 3. The minimum atomic E-state index is -0.544. The summed E-state index contributed by atoms with van der Waals surface area (Å²) in [5, 5.41) is 19.4. The van der Waals surface area contributed by atoms with Crippen LogP contribution in [0.2, 0.25) is 0 Å². The van der Waals surface area contributed by atoms with E-state index in [9.17, 15) is 9.50 Å². The van der Waals surface area contributed by atoms with Crippen molar-refractivity contribution in [2.24, 2.45) is 5.92 Å². The normalized spacial score (nSPS) is 29.6. The molecular weight excluding hydrogens is 255 g/mol. The molecule has 1 heterocycles. The number of rotatable bonds is 1. The lowest BCUT2D eigenvalue weighted by Gasteiger charge is -2.48. The smallest absolute Gasteiger partial charge is 0.147 e. The Morgan fingerprint density at radius 3 is 2.95 bits per heavy atom. The highest BCUT2D eigenvalue weighted by Gasteiger charge is 2.43. The summed E-state index contributed by atoms with van der Waals surface area (Å²) in [4.78, 5) is 2.01. The molecule has 2 fully saturated rings. The van der Waals surface area contributed by atoms with Gasteiger partial charge in [0.15, 0.2) is 0 Å². The predicted molar refractivity (Wildman–Crippen MR) is 74.9 cm³/mol. The Hall–Kier alpha value is -1.60. The lowest BCUT2D eigenvalue weighted by Crippen LogP contribution is -2.53. The Morgan fingerprint density at radius 2 is 2.20 bits per heavy atom. The number of anilines is 1. The van der Waals surface area contributed by atoms with E-state index in [1.807, 2.05) is 11.0 Å². The standard InChI is InChI=1S/C16H19FN2O/c17-14-9-12(10-18)4-5-15(14)19-8-7-16(20)6-2-1-3-13(16)11-19/h4-5,9,13,20H,1-3,6-8,11H2. The highest BCUT2D eigenvalue weighted by Crippen LogP contribution is 2.41. The molecule has 0 aromatic heterocycles. The van der Waals surface area contributed by atoms with Gasteiger partial charge < -0.3 is 10.0 Å². The van der Waals surface area contributed by atoms with Gasteiger partial charge in [-0.25, -0.2) is 4.39 Å². The molecule has 3 rings (SSSR count). The lowest BCUT2D eigenvalue weighted by atomic mass is 9.71. The van der Waals surface area contributed by atoms with Gasteiger partial charge in [0, 0.05) is 19.0 Å². The largest absolute Gasteiger partial charge is 0.389 e. The van der Waals surface area contributed by atoms with Gasteiger partial charge in [0.05, 0.1) is 22.9 Å². The fraction of sp³-hybridized carbons (Fsp3) is 0.562. The highest BCUT2D eigenvalue weighted by molar-refractivity contribution is 5.51. The third-order valence-corrected chi connectivity index (χ3v) is 4.85. The maximum atomic E-state index is 14.1. The van der Waals surface area contributed by atoms with Crippen molar-refractivity contribution >= 4 is 5.69 Å². The summed E-state index contributed by atoms with van der Waals surface area (Å²) in [6.45, 7) is 1.38. The molecule has 1 aromatic rings. The van der Waals surface area contributed by atoms with Crippen LogP contribution in [0.4, 0.5) is 10.1 Å². The number of nitriles is 1. The summed E-state index contributed by atoms with van der Waals surface area (Å²) in [5.41, 5.74) is 0.353. The van der Waals surface area contributed by atoms with Crippen molar-refractivity contribution in [3.05, 3.63) is 29.6 Å². The predicted octanol–water partition coefficient (Wildman–Crippen LogP) is 2.83. The van der Waals surface area contributed by atoms with Crippen LogP contribution < -0.4 is 4.90 Å². The van der Waals surface area contributed by atoms with E-state index in [-0.39, 0.29) is 11.7 Å². The zero-order valence-electron chi connectivity index (χ0n) is 11.5. The van der Waals surface area contributed by atoms with Gasteiger partial charge >= 0.3 is 0 Å². The quantitative estimate of drug-likeness (QED) is 0.856. The molecule has 2 unspecified atom stereocenters. The van der Waals surface area contributed by atoms with Crippen molar-refractivity contribution in [1.82, 2.24) is 0 Å². The van der Waals surface area contributed by atoms with Crippen molar-refractivity contribution < 1.29 is 9.50 Å². The van der Waals surface area contributed by atoms with Crippen LogP contribution in [0, 0.1) is 23.1 Å². The molecule has 1 aliphatic heterocycles. The van der Waals surface area contributed by atoms with Gasteiger partial charge in [-0.05, 0) is 37.5 Å². The van der Waals surface area contributed by atoms with Gasteiger partial charge in [0.2, 0.25) is 0 Å². The topological polar surface area (TPSA) is 47.3 Å². The van der Waals surface area contributed by atoms with E-state index in [4.69, 9.17) is 5.26 Å². The van der Waals surface area contributed by atoms with Crippen LogP contribution in [0.1, 0.15) is 37.7 Å². The first-order valence-electron chi connectivity index (χ1n) is 7.29. The minimum Gasteiger partial charge on any atom is -0.389 e. The fourth-order valence-electron chi connectivity index (χ4n) is 3.62. The summed E-state index contributed by atoms with van der Waals surface area (Å²) < 4.78 is 14.1. The second kappa shape index (κ2) is 5.06. The van der Waals surface area contributed by atoms with Crippen LogP contribution in [0.5, 0.6) is 0 Å². The molecule has 1 aromatic carbocycles. The number of piperidine rings is 1. The summed E-state index contributed by atoms with van der Waals surface area (Å²) in [6, 6.07) is 6.57. The Balaban J connectivity index is 1.81. The van der Waals surface area contributed by atoms with Crippen LogP contribution in [-0.4, -0.2) is 23.8 Å². The number of nitrogens with zero attached hydrogens (tertiary/aromatic N) is 2. The van der Waals surface area contributed by atoms with Gasteiger partial charge in [-0.2, -0.15) is 5.26 Å². The zero-order valence-corrected chi connectivity index (χ0v) is 11.5. The number of fused-ring (bicyclic) bond motifs is 1. The molecule has 0 spiro atoms. The van der Waals surface area contributed by atoms with Gasteiger partial charge in [0.1, 0.15) is 5.82 Å². The van der Waals surface area contributed by atoms with Gasteiger partial charge in [-0.3, -0.25) is 0 Å². The fourth-order valence-corrected chi connectivity index (χ4v) is 3.62. The van der Waals surface area contributed by atoms with E-state index in [0.717, 1.165) is 25.7 Å². The van der Waals surface area contributed by atoms with Crippen LogP contribution in [-0.2, 0) is 0 Å². The van der Waals surface area contributed by atoms with Crippen LogP contribution in [0.15, 0.2) is 18.2 Å². The van der Waals surface area contributed by atoms with Crippen LogP contribution in [0.25, 0.3) is 0 Å². The molecule has 106 valence electrons.